The molecule has 0 unspecified atom stereocenters. The largest absolute Gasteiger partial charge is 0.462 e. The molecule has 0 radical (unpaired) electrons. The highest BCUT2D eigenvalue weighted by Gasteiger charge is 2.22. The van der Waals surface area contributed by atoms with Gasteiger partial charge in [0.2, 0.25) is 18.6 Å². The topological polar surface area (TPSA) is 94.2 Å². The molecule has 146 valence electrons. The molecule has 1 heterocycles. The Balaban J connectivity index is 1.77. The third-order valence-electron chi connectivity index (χ3n) is 4.03. The van der Waals surface area contributed by atoms with Gasteiger partial charge in [0.05, 0.1) is 17.9 Å². The van der Waals surface area contributed by atoms with Gasteiger partial charge >= 0.3 is 5.97 Å². The number of hydrogen-bond acceptors (Lipinski definition) is 6. The summed E-state index contributed by atoms with van der Waals surface area (Å²) < 4.78 is 15.6. The van der Waals surface area contributed by atoms with Crippen LogP contribution in [0.25, 0.3) is 0 Å². The summed E-state index contributed by atoms with van der Waals surface area (Å²) in [5.41, 5.74) is 1.04. The van der Waals surface area contributed by atoms with E-state index < -0.39 is 11.9 Å². The van der Waals surface area contributed by atoms with Crippen molar-refractivity contribution in [2.75, 3.05) is 30.2 Å². The van der Waals surface area contributed by atoms with E-state index in [1.807, 2.05) is 0 Å². The van der Waals surface area contributed by atoms with Crippen LogP contribution in [0.3, 0.4) is 0 Å². The number of anilines is 2. The molecule has 8 nitrogen and oxygen atoms in total. The Bertz CT molecular complexity index is 911. The molecular weight excluding hydrogens is 364 g/mol. The van der Waals surface area contributed by atoms with Gasteiger partial charge in [0.1, 0.15) is 6.54 Å². The predicted molar refractivity (Wildman–Crippen MR) is 102 cm³/mol. The Kier molecular flexibility index (Phi) is 5.78. The Morgan fingerprint density at radius 1 is 1.11 bits per heavy atom. The highest BCUT2D eigenvalue weighted by Crippen LogP contribution is 2.34. The number of ether oxygens (including phenoxy) is 3. The summed E-state index contributed by atoms with van der Waals surface area (Å²) in [4.78, 5) is 38.1. The van der Waals surface area contributed by atoms with Crippen molar-refractivity contribution in [3.8, 4) is 11.5 Å². The number of carbonyl (C=O) groups is 3. The summed E-state index contributed by atoms with van der Waals surface area (Å²) in [6.45, 7) is 3.10. The monoisotopic (exact) mass is 384 g/mol. The van der Waals surface area contributed by atoms with Crippen molar-refractivity contribution in [3.63, 3.8) is 0 Å². The zero-order valence-electron chi connectivity index (χ0n) is 15.6. The van der Waals surface area contributed by atoms with E-state index >= 15 is 0 Å². The fraction of sp³-hybridized carbons (Fsp3) is 0.250. The molecule has 0 spiro atoms. The summed E-state index contributed by atoms with van der Waals surface area (Å²) in [5.74, 6) is -0.216. The van der Waals surface area contributed by atoms with Crippen LogP contribution in [-0.4, -0.2) is 37.7 Å². The molecule has 0 atom stereocenters. The van der Waals surface area contributed by atoms with Crippen LogP contribution >= 0.6 is 0 Å². The molecule has 0 aliphatic carbocycles. The van der Waals surface area contributed by atoms with Gasteiger partial charge in [-0.05, 0) is 31.2 Å². The number of carbonyl (C=O) groups excluding carboxylic acids is 3. The first-order valence-corrected chi connectivity index (χ1v) is 8.73. The van der Waals surface area contributed by atoms with Crippen molar-refractivity contribution >= 4 is 29.2 Å². The highest BCUT2D eigenvalue weighted by molar-refractivity contribution is 6.06. The van der Waals surface area contributed by atoms with E-state index in [1.165, 1.54) is 11.8 Å². The van der Waals surface area contributed by atoms with Gasteiger partial charge in [0.15, 0.2) is 11.5 Å². The lowest BCUT2D eigenvalue weighted by Crippen LogP contribution is -2.37. The minimum Gasteiger partial charge on any atom is -0.462 e. The van der Waals surface area contributed by atoms with Gasteiger partial charge in [-0.3, -0.25) is 9.59 Å². The average molecular weight is 384 g/mol. The molecular formula is C20H20N2O6. The molecule has 0 fully saturated rings. The predicted octanol–water partition coefficient (Wildman–Crippen LogP) is 2.58. The number of amides is 2. The van der Waals surface area contributed by atoms with Crippen LogP contribution in [0.1, 0.15) is 24.2 Å². The molecule has 1 aliphatic rings. The second-order valence-corrected chi connectivity index (χ2v) is 5.96. The Hall–Kier alpha value is -3.55. The molecule has 1 N–H and O–H groups in total. The van der Waals surface area contributed by atoms with E-state index in [1.54, 1.807) is 49.4 Å². The van der Waals surface area contributed by atoms with Gasteiger partial charge in [0, 0.05) is 18.7 Å². The summed E-state index contributed by atoms with van der Waals surface area (Å²) in [5, 5.41) is 2.72. The van der Waals surface area contributed by atoms with Crippen molar-refractivity contribution in [1.29, 1.82) is 0 Å². The van der Waals surface area contributed by atoms with Crippen LogP contribution in [-0.2, 0) is 14.3 Å². The summed E-state index contributed by atoms with van der Waals surface area (Å²) in [7, 11) is 0. The molecule has 2 aromatic rings. The minimum atomic E-state index is -0.555. The van der Waals surface area contributed by atoms with Crippen molar-refractivity contribution in [2.45, 2.75) is 13.8 Å². The number of rotatable bonds is 6. The Labute approximate surface area is 162 Å². The number of nitrogens with one attached hydrogen (secondary N) is 1. The fourth-order valence-electron chi connectivity index (χ4n) is 2.78. The standard InChI is InChI=1S/C20H20N2O6/c1-3-26-20(25)15-6-4-5-7-16(15)22(13(2)23)11-19(24)21-14-8-9-17-18(10-14)28-12-27-17/h4-10H,3,11-12H2,1-2H3,(H,21,24). The number of para-hydroxylation sites is 1. The molecule has 0 aromatic heterocycles. The average Bonchev–Trinajstić information content (AvgIpc) is 3.14. The summed E-state index contributed by atoms with van der Waals surface area (Å²) >= 11 is 0. The molecule has 28 heavy (non-hydrogen) atoms. The zero-order chi connectivity index (χ0) is 20.1. The molecule has 8 heteroatoms. The number of benzene rings is 2. The van der Waals surface area contributed by atoms with Crippen molar-refractivity contribution in [2.24, 2.45) is 0 Å². The molecule has 0 saturated carbocycles. The Morgan fingerprint density at radius 3 is 2.61 bits per heavy atom. The van der Waals surface area contributed by atoms with E-state index in [2.05, 4.69) is 5.32 Å². The van der Waals surface area contributed by atoms with Gasteiger partial charge < -0.3 is 24.4 Å². The van der Waals surface area contributed by atoms with Gasteiger partial charge in [-0.25, -0.2) is 4.79 Å². The molecule has 0 saturated heterocycles. The first kappa shape index (κ1) is 19.2. The lowest BCUT2D eigenvalue weighted by molar-refractivity contribution is -0.120. The maximum absolute atomic E-state index is 12.5. The highest BCUT2D eigenvalue weighted by atomic mass is 16.7. The normalized spacial score (nSPS) is 11.6. The van der Waals surface area contributed by atoms with Crippen LogP contribution in [0.2, 0.25) is 0 Å². The maximum atomic E-state index is 12.5. The fourth-order valence-corrected chi connectivity index (χ4v) is 2.78. The van der Waals surface area contributed by atoms with Crippen LogP contribution in [0.4, 0.5) is 11.4 Å². The molecule has 3 rings (SSSR count). The zero-order valence-corrected chi connectivity index (χ0v) is 15.6. The van der Waals surface area contributed by atoms with Gasteiger partial charge in [-0.2, -0.15) is 0 Å². The summed E-state index contributed by atoms with van der Waals surface area (Å²) in [6, 6.07) is 11.5. The quantitative estimate of drug-likeness (QED) is 0.770. The number of fused-ring (bicyclic) bond motifs is 1. The first-order chi connectivity index (χ1) is 13.5. The third-order valence-corrected chi connectivity index (χ3v) is 4.03. The molecule has 2 amide bonds. The van der Waals surface area contributed by atoms with E-state index in [0.717, 1.165) is 0 Å². The minimum absolute atomic E-state index is 0.134. The Morgan fingerprint density at radius 2 is 1.86 bits per heavy atom. The first-order valence-electron chi connectivity index (χ1n) is 8.73. The van der Waals surface area contributed by atoms with Gasteiger partial charge in [0.25, 0.3) is 0 Å². The van der Waals surface area contributed by atoms with E-state index in [9.17, 15) is 14.4 Å². The SMILES string of the molecule is CCOC(=O)c1ccccc1N(CC(=O)Nc1ccc2c(c1)OCO2)C(C)=O. The molecule has 0 bridgehead atoms. The molecule has 1 aliphatic heterocycles. The van der Waals surface area contributed by atoms with Crippen LogP contribution in [0.5, 0.6) is 11.5 Å². The maximum Gasteiger partial charge on any atom is 0.340 e. The number of esters is 1. The molecule has 2 aromatic carbocycles. The van der Waals surface area contributed by atoms with Crippen LogP contribution in [0.15, 0.2) is 42.5 Å². The lowest BCUT2D eigenvalue weighted by atomic mass is 10.1. The van der Waals surface area contributed by atoms with E-state index in [0.29, 0.717) is 22.9 Å². The van der Waals surface area contributed by atoms with Gasteiger partial charge in [-0.1, -0.05) is 12.1 Å². The summed E-state index contributed by atoms with van der Waals surface area (Å²) in [6.07, 6.45) is 0. The second-order valence-electron chi connectivity index (χ2n) is 5.96. The second kappa shape index (κ2) is 8.43. The third kappa shape index (κ3) is 4.22. The smallest absolute Gasteiger partial charge is 0.340 e. The van der Waals surface area contributed by atoms with Gasteiger partial charge in [-0.15, -0.1) is 0 Å². The van der Waals surface area contributed by atoms with Crippen molar-refractivity contribution < 1.29 is 28.6 Å². The van der Waals surface area contributed by atoms with Crippen molar-refractivity contribution in [1.82, 2.24) is 0 Å². The number of hydrogen-bond donors (Lipinski definition) is 1. The van der Waals surface area contributed by atoms with E-state index in [4.69, 9.17) is 14.2 Å². The van der Waals surface area contributed by atoms with Crippen LogP contribution in [0, 0.1) is 0 Å². The van der Waals surface area contributed by atoms with Crippen molar-refractivity contribution in [3.05, 3.63) is 48.0 Å². The lowest BCUT2D eigenvalue weighted by Gasteiger charge is -2.23. The number of nitrogens with zero attached hydrogens (tertiary/aromatic N) is 1. The van der Waals surface area contributed by atoms with E-state index in [-0.39, 0.29) is 31.4 Å². The van der Waals surface area contributed by atoms with Crippen LogP contribution < -0.4 is 19.7 Å².